The van der Waals surface area contributed by atoms with Crippen LogP contribution in [-0.2, 0) is 10.8 Å². The van der Waals surface area contributed by atoms with Gasteiger partial charge in [0.05, 0.1) is 45.3 Å². The maximum atomic E-state index is 13.1. The third kappa shape index (κ3) is 2.76. The Bertz CT molecular complexity index is 1010. The molecule has 5 heteroatoms. The van der Waals surface area contributed by atoms with Crippen molar-refractivity contribution in [3.8, 4) is 5.75 Å². The average molecular weight is 348 g/mol. The lowest BCUT2D eigenvalue weighted by Crippen LogP contribution is -2.06. The van der Waals surface area contributed by atoms with Gasteiger partial charge in [0.1, 0.15) is 5.75 Å². The van der Waals surface area contributed by atoms with Crippen molar-refractivity contribution >= 4 is 22.2 Å². The van der Waals surface area contributed by atoms with Crippen molar-refractivity contribution in [2.45, 2.75) is 16.7 Å². The number of ether oxygens (including phenoxy) is 1. The van der Waals surface area contributed by atoms with E-state index in [9.17, 15) is 4.21 Å². The maximum Gasteiger partial charge on any atom is 0.118 e. The number of hydrogen-bond donors (Lipinski definition) is 0. The van der Waals surface area contributed by atoms with Crippen LogP contribution in [0.3, 0.4) is 0 Å². The van der Waals surface area contributed by atoms with E-state index in [0.717, 1.165) is 33.0 Å². The van der Waals surface area contributed by atoms with Gasteiger partial charge in [0.15, 0.2) is 0 Å². The number of aryl methyl sites for hydroxylation is 1. The topological polar surface area (TPSA) is 51.6 Å². The highest BCUT2D eigenvalue weighted by atomic mass is 32.2. The summed E-state index contributed by atoms with van der Waals surface area (Å²) in [6.07, 6.45) is 3.31. The maximum absolute atomic E-state index is 13.1. The zero-order chi connectivity index (χ0) is 17.4. The van der Waals surface area contributed by atoms with Crippen LogP contribution in [0.15, 0.2) is 75.7 Å². The van der Waals surface area contributed by atoms with Crippen LogP contribution in [0.1, 0.15) is 16.7 Å². The molecule has 4 rings (SSSR count). The monoisotopic (exact) mass is 348 g/mol. The third-order valence-corrected chi connectivity index (χ3v) is 5.65. The molecular formula is C20H16N2O2S. The molecule has 2 heterocycles. The third-order valence-electron chi connectivity index (χ3n) is 4.15. The smallest absolute Gasteiger partial charge is 0.118 e. The van der Waals surface area contributed by atoms with Gasteiger partial charge >= 0.3 is 0 Å². The van der Waals surface area contributed by atoms with Crippen LogP contribution in [0, 0.1) is 6.92 Å². The lowest BCUT2D eigenvalue weighted by atomic mass is 10.00. The summed E-state index contributed by atoms with van der Waals surface area (Å²) in [7, 11) is 0.345. The molecule has 1 aliphatic rings. The first kappa shape index (κ1) is 15.7. The highest BCUT2D eigenvalue weighted by molar-refractivity contribution is 7.85. The predicted octanol–water partition coefficient (Wildman–Crippen LogP) is 4.05. The van der Waals surface area contributed by atoms with Crippen molar-refractivity contribution in [2.75, 3.05) is 7.11 Å². The lowest BCUT2D eigenvalue weighted by Gasteiger charge is -2.11. The van der Waals surface area contributed by atoms with Gasteiger partial charge in [-0.3, -0.25) is 4.98 Å². The molecule has 2 aromatic carbocycles. The van der Waals surface area contributed by atoms with Gasteiger partial charge in [-0.1, -0.05) is 11.6 Å². The second-order valence-electron chi connectivity index (χ2n) is 5.80. The van der Waals surface area contributed by atoms with E-state index in [1.165, 1.54) is 0 Å². The number of aliphatic imine (C=N–C) groups is 1. The molecule has 0 amide bonds. The Balaban J connectivity index is 2.00. The van der Waals surface area contributed by atoms with Crippen LogP contribution in [0.2, 0.25) is 0 Å². The van der Waals surface area contributed by atoms with E-state index in [1.807, 2.05) is 49.4 Å². The number of hydrogen-bond acceptors (Lipinski definition) is 4. The predicted molar refractivity (Wildman–Crippen MR) is 98.4 cm³/mol. The number of nitrogens with zero attached hydrogens (tertiary/aromatic N) is 2. The normalized spacial score (nSPS) is 15.6. The van der Waals surface area contributed by atoms with E-state index >= 15 is 0 Å². The first-order chi connectivity index (χ1) is 12.2. The lowest BCUT2D eigenvalue weighted by molar-refractivity contribution is 0.415. The Morgan fingerprint density at radius 2 is 1.80 bits per heavy atom. The van der Waals surface area contributed by atoms with E-state index in [-0.39, 0.29) is 0 Å². The summed E-state index contributed by atoms with van der Waals surface area (Å²) >= 11 is 0. The second-order valence-corrected chi connectivity index (χ2v) is 7.22. The summed E-state index contributed by atoms with van der Waals surface area (Å²) in [5.41, 5.74) is 4.36. The zero-order valence-electron chi connectivity index (χ0n) is 13.9. The molecule has 0 spiro atoms. The van der Waals surface area contributed by atoms with E-state index in [2.05, 4.69) is 4.98 Å². The molecule has 25 heavy (non-hydrogen) atoms. The Kier molecular flexibility index (Phi) is 3.93. The minimum atomic E-state index is -1.30. The highest BCUT2D eigenvalue weighted by Gasteiger charge is 2.23. The van der Waals surface area contributed by atoms with Gasteiger partial charge < -0.3 is 4.74 Å². The van der Waals surface area contributed by atoms with Gasteiger partial charge in [-0.25, -0.2) is 9.20 Å². The zero-order valence-corrected chi connectivity index (χ0v) is 14.7. The van der Waals surface area contributed by atoms with Crippen LogP contribution in [0.5, 0.6) is 5.75 Å². The number of benzene rings is 2. The fourth-order valence-corrected chi connectivity index (χ4v) is 4.13. The van der Waals surface area contributed by atoms with Crippen molar-refractivity contribution in [1.82, 2.24) is 4.98 Å². The standard InChI is InChI=1S/C20H16N2O2S/c1-13-3-8-18-16(11-13)20(14-4-6-15(24-2)7-5-14)22-17-12-21-10-9-19(17)25(18)23/h3-12H,1-2H3. The van der Waals surface area contributed by atoms with Gasteiger partial charge in [-0.15, -0.1) is 0 Å². The summed E-state index contributed by atoms with van der Waals surface area (Å²) in [5, 5.41) is 0. The van der Waals surface area contributed by atoms with Gasteiger partial charge in [0.2, 0.25) is 0 Å². The van der Waals surface area contributed by atoms with Gasteiger partial charge in [-0.05, 0) is 49.4 Å². The summed E-state index contributed by atoms with van der Waals surface area (Å²) < 4.78 is 18.4. The number of fused-ring (bicyclic) bond motifs is 2. The molecule has 0 fully saturated rings. The Morgan fingerprint density at radius 1 is 1.00 bits per heavy atom. The number of methoxy groups -OCH3 is 1. The molecule has 0 radical (unpaired) electrons. The van der Waals surface area contributed by atoms with Gasteiger partial charge in [-0.2, -0.15) is 0 Å². The molecule has 4 nitrogen and oxygen atoms in total. The van der Waals surface area contributed by atoms with Crippen molar-refractivity contribution in [1.29, 1.82) is 0 Å². The molecule has 1 atom stereocenters. The van der Waals surface area contributed by atoms with Crippen molar-refractivity contribution in [3.05, 3.63) is 77.6 Å². The molecule has 1 unspecified atom stereocenters. The van der Waals surface area contributed by atoms with Crippen molar-refractivity contribution in [3.63, 3.8) is 0 Å². The Morgan fingerprint density at radius 3 is 2.56 bits per heavy atom. The summed E-state index contributed by atoms with van der Waals surface area (Å²) in [6.45, 7) is 2.02. The van der Waals surface area contributed by atoms with Crippen molar-refractivity contribution in [2.24, 2.45) is 4.99 Å². The average Bonchev–Trinajstić information content (AvgIpc) is 2.77. The number of pyridine rings is 1. The van der Waals surface area contributed by atoms with E-state index < -0.39 is 10.8 Å². The quantitative estimate of drug-likeness (QED) is 0.549. The van der Waals surface area contributed by atoms with Crippen LogP contribution in [0.4, 0.5) is 5.69 Å². The second kappa shape index (κ2) is 6.26. The number of rotatable bonds is 2. The van der Waals surface area contributed by atoms with E-state index in [1.54, 1.807) is 25.6 Å². The summed E-state index contributed by atoms with van der Waals surface area (Å²) in [6, 6.07) is 15.5. The molecular weight excluding hydrogens is 332 g/mol. The summed E-state index contributed by atoms with van der Waals surface area (Å²) in [5.74, 6) is 0.785. The van der Waals surface area contributed by atoms with E-state index in [0.29, 0.717) is 10.6 Å². The fourth-order valence-electron chi connectivity index (χ4n) is 2.87. The number of aromatic nitrogens is 1. The minimum absolute atomic E-state index is 0.639. The SMILES string of the molecule is COc1ccc(C2=Nc3cnccc3S(=O)c3ccc(C)cc32)cc1. The fraction of sp³-hybridized carbons (Fsp3) is 0.100. The molecule has 0 bridgehead atoms. The first-order valence-corrected chi connectivity index (χ1v) is 9.02. The molecule has 124 valence electrons. The molecule has 0 saturated carbocycles. The molecule has 3 aromatic rings. The summed E-state index contributed by atoms with van der Waals surface area (Å²) in [4.78, 5) is 10.4. The largest absolute Gasteiger partial charge is 0.497 e. The molecule has 0 saturated heterocycles. The van der Waals surface area contributed by atoms with Gasteiger partial charge in [0.25, 0.3) is 0 Å². The van der Waals surface area contributed by atoms with Crippen LogP contribution >= 0.6 is 0 Å². The van der Waals surface area contributed by atoms with Gasteiger partial charge in [0, 0.05) is 17.3 Å². The van der Waals surface area contributed by atoms with Crippen LogP contribution in [-0.4, -0.2) is 22.0 Å². The minimum Gasteiger partial charge on any atom is -0.497 e. The van der Waals surface area contributed by atoms with Crippen molar-refractivity contribution < 1.29 is 8.95 Å². The van der Waals surface area contributed by atoms with E-state index in [4.69, 9.17) is 9.73 Å². The van der Waals surface area contributed by atoms with Crippen LogP contribution in [0.25, 0.3) is 0 Å². The molecule has 0 aliphatic carbocycles. The Hall–Kier alpha value is -2.79. The van der Waals surface area contributed by atoms with Crippen LogP contribution < -0.4 is 4.74 Å². The molecule has 0 N–H and O–H groups in total. The Labute approximate surface area is 148 Å². The highest BCUT2D eigenvalue weighted by Crippen LogP contribution is 2.34. The molecule has 1 aliphatic heterocycles. The first-order valence-electron chi connectivity index (χ1n) is 7.87. The molecule has 1 aromatic heterocycles.